The van der Waals surface area contributed by atoms with E-state index in [0.717, 1.165) is 16.7 Å². The molecule has 0 atom stereocenters. The Morgan fingerprint density at radius 1 is 1.35 bits per heavy atom. The van der Waals surface area contributed by atoms with Crippen molar-refractivity contribution in [2.75, 3.05) is 20.6 Å². The van der Waals surface area contributed by atoms with Gasteiger partial charge >= 0.3 is 0 Å². The largest absolute Gasteiger partial charge is 0.459 e. The number of nitrogens with zero attached hydrogens (tertiary/aromatic N) is 2. The number of rotatable bonds is 5. The normalized spacial score (nSPS) is 11.8. The second kappa shape index (κ2) is 7.67. The highest BCUT2D eigenvalue weighted by Crippen LogP contribution is 2.19. The van der Waals surface area contributed by atoms with Crippen LogP contribution in [0.15, 0.2) is 39.7 Å². The van der Waals surface area contributed by atoms with Gasteiger partial charge in [0.1, 0.15) is 11.3 Å². The van der Waals surface area contributed by atoms with Crippen LogP contribution in [0.4, 0.5) is 0 Å². The van der Waals surface area contributed by atoms with Crippen molar-refractivity contribution in [2.45, 2.75) is 26.4 Å². The van der Waals surface area contributed by atoms with Gasteiger partial charge in [-0.25, -0.2) is 0 Å². The maximum absolute atomic E-state index is 11.7. The Morgan fingerprint density at radius 3 is 2.74 bits per heavy atom. The highest BCUT2D eigenvalue weighted by molar-refractivity contribution is 5.86. The van der Waals surface area contributed by atoms with Crippen LogP contribution in [0.3, 0.4) is 0 Å². The summed E-state index contributed by atoms with van der Waals surface area (Å²) < 4.78 is 5.81. The van der Waals surface area contributed by atoms with Crippen molar-refractivity contribution >= 4 is 22.8 Å². The SMILES string of the molecule is CN=C(NCC(=O)NC(C)C)N(C)Cc1cc2ccccc2o1. The van der Waals surface area contributed by atoms with E-state index in [1.54, 1.807) is 7.05 Å². The third kappa shape index (κ3) is 4.74. The van der Waals surface area contributed by atoms with Crippen molar-refractivity contribution in [3.05, 3.63) is 36.1 Å². The highest BCUT2D eigenvalue weighted by Gasteiger charge is 2.11. The molecule has 0 aliphatic rings. The van der Waals surface area contributed by atoms with Gasteiger partial charge in [0.15, 0.2) is 5.96 Å². The maximum atomic E-state index is 11.7. The van der Waals surface area contributed by atoms with Crippen molar-refractivity contribution in [1.82, 2.24) is 15.5 Å². The van der Waals surface area contributed by atoms with Crippen molar-refractivity contribution in [2.24, 2.45) is 4.99 Å². The predicted octanol–water partition coefficient (Wildman–Crippen LogP) is 1.96. The molecule has 1 heterocycles. The molecule has 0 saturated carbocycles. The molecule has 23 heavy (non-hydrogen) atoms. The molecule has 2 aromatic rings. The molecule has 2 N–H and O–H groups in total. The van der Waals surface area contributed by atoms with E-state index in [9.17, 15) is 4.79 Å². The standard InChI is InChI=1S/C17H24N4O2/c1-12(2)20-16(22)10-19-17(18-3)21(4)11-14-9-13-7-5-6-8-15(13)23-14/h5-9,12H,10-11H2,1-4H3,(H,18,19)(H,20,22). The number of hydrogen-bond donors (Lipinski definition) is 2. The van der Waals surface area contributed by atoms with Crippen LogP contribution >= 0.6 is 0 Å². The first kappa shape index (κ1) is 16.9. The molecule has 124 valence electrons. The van der Waals surface area contributed by atoms with Crippen molar-refractivity contribution in [3.8, 4) is 0 Å². The van der Waals surface area contributed by atoms with Crippen LogP contribution < -0.4 is 10.6 Å². The minimum absolute atomic E-state index is 0.0571. The number of nitrogens with one attached hydrogen (secondary N) is 2. The fourth-order valence-electron chi connectivity index (χ4n) is 2.34. The molecule has 0 aliphatic heterocycles. The maximum Gasteiger partial charge on any atom is 0.239 e. The van der Waals surface area contributed by atoms with Crippen LogP contribution in [0.25, 0.3) is 11.0 Å². The molecular formula is C17H24N4O2. The van der Waals surface area contributed by atoms with Gasteiger partial charge < -0.3 is 20.0 Å². The molecule has 0 saturated heterocycles. The lowest BCUT2D eigenvalue weighted by molar-refractivity contribution is -0.120. The highest BCUT2D eigenvalue weighted by atomic mass is 16.3. The lowest BCUT2D eigenvalue weighted by atomic mass is 10.2. The number of furan rings is 1. The van der Waals surface area contributed by atoms with Crippen molar-refractivity contribution < 1.29 is 9.21 Å². The molecule has 1 aromatic carbocycles. The zero-order valence-electron chi connectivity index (χ0n) is 14.1. The van der Waals surface area contributed by atoms with Crippen LogP contribution in [0.1, 0.15) is 19.6 Å². The Balaban J connectivity index is 1.94. The minimum atomic E-state index is -0.0571. The van der Waals surface area contributed by atoms with E-state index in [0.29, 0.717) is 12.5 Å². The summed E-state index contributed by atoms with van der Waals surface area (Å²) in [5.41, 5.74) is 0.871. The first-order chi connectivity index (χ1) is 11.0. The van der Waals surface area contributed by atoms with Crippen LogP contribution in [0, 0.1) is 0 Å². The number of aliphatic imine (C=N–C) groups is 1. The van der Waals surface area contributed by atoms with Gasteiger partial charge in [0, 0.05) is 25.5 Å². The van der Waals surface area contributed by atoms with Gasteiger partial charge in [-0.15, -0.1) is 0 Å². The fraction of sp³-hybridized carbons (Fsp3) is 0.412. The monoisotopic (exact) mass is 316 g/mol. The number of para-hydroxylation sites is 1. The van der Waals surface area contributed by atoms with Gasteiger partial charge in [0.2, 0.25) is 5.91 Å². The fourth-order valence-corrected chi connectivity index (χ4v) is 2.34. The predicted molar refractivity (Wildman–Crippen MR) is 92.3 cm³/mol. The molecule has 0 spiro atoms. The number of guanidine groups is 1. The summed E-state index contributed by atoms with van der Waals surface area (Å²) in [5.74, 6) is 1.44. The topological polar surface area (TPSA) is 69.9 Å². The Morgan fingerprint density at radius 2 is 2.09 bits per heavy atom. The van der Waals surface area contributed by atoms with Gasteiger partial charge in [-0.3, -0.25) is 9.79 Å². The Labute approximate surface area is 136 Å². The second-order valence-corrected chi connectivity index (χ2v) is 5.73. The number of benzene rings is 1. The third-order valence-electron chi connectivity index (χ3n) is 3.30. The summed E-state index contributed by atoms with van der Waals surface area (Å²) in [6, 6.07) is 10.0. The molecule has 0 radical (unpaired) electrons. The zero-order valence-corrected chi connectivity index (χ0v) is 14.1. The van der Waals surface area contributed by atoms with Gasteiger partial charge in [0.05, 0.1) is 13.1 Å². The Bertz CT molecular complexity index is 658. The summed E-state index contributed by atoms with van der Waals surface area (Å²) in [7, 11) is 3.60. The molecule has 0 aliphatic carbocycles. The number of carbonyl (C=O) groups excluding carboxylic acids is 1. The van der Waals surface area contributed by atoms with Crippen LogP contribution in [-0.4, -0.2) is 43.4 Å². The van der Waals surface area contributed by atoms with E-state index in [1.165, 1.54) is 0 Å². The average Bonchev–Trinajstić information content (AvgIpc) is 2.89. The number of fused-ring (bicyclic) bond motifs is 1. The van der Waals surface area contributed by atoms with E-state index >= 15 is 0 Å². The summed E-state index contributed by atoms with van der Waals surface area (Å²) in [4.78, 5) is 17.8. The van der Waals surface area contributed by atoms with E-state index in [2.05, 4.69) is 15.6 Å². The second-order valence-electron chi connectivity index (χ2n) is 5.73. The molecule has 0 unspecified atom stereocenters. The molecule has 0 fully saturated rings. The van der Waals surface area contributed by atoms with Crippen LogP contribution in [0.5, 0.6) is 0 Å². The average molecular weight is 316 g/mol. The summed E-state index contributed by atoms with van der Waals surface area (Å²) >= 11 is 0. The Hall–Kier alpha value is -2.50. The first-order valence-electron chi connectivity index (χ1n) is 7.68. The van der Waals surface area contributed by atoms with Gasteiger partial charge in [-0.2, -0.15) is 0 Å². The number of hydrogen-bond acceptors (Lipinski definition) is 3. The molecular weight excluding hydrogens is 292 g/mol. The van der Waals surface area contributed by atoms with E-state index in [-0.39, 0.29) is 18.5 Å². The summed E-state index contributed by atoms with van der Waals surface area (Å²) in [6.45, 7) is 4.62. The van der Waals surface area contributed by atoms with Crippen LogP contribution in [-0.2, 0) is 11.3 Å². The lowest BCUT2D eigenvalue weighted by Gasteiger charge is -2.21. The smallest absolute Gasteiger partial charge is 0.239 e. The quantitative estimate of drug-likeness (QED) is 0.653. The molecule has 1 aromatic heterocycles. The third-order valence-corrected chi connectivity index (χ3v) is 3.30. The molecule has 1 amide bonds. The van der Waals surface area contributed by atoms with Gasteiger partial charge in [0.25, 0.3) is 0 Å². The Kier molecular flexibility index (Phi) is 5.62. The molecule has 0 bridgehead atoms. The number of carbonyl (C=O) groups is 1. The van der Waals surface area contributed by atoms with Crippen molar-refractivity contribution in [3.63, 3.8) is 0 Å². The zero-order chi connectivity index (χ0) is 16.8. The molecule has 6 heteroatoms. The van der Waals surface area contributed by atoms with Gasteiger partial charge in [-0.05, 0) is 26.0 Å². The van der Waals surface area contributed by atoms with E-state index in [1.807, 2.05) is 56.1 Å². The molecule has 2 rings (SSSR count). The first-order valence-corrected chi connectivity index (χ1v) is 7.68. The van der Waals surface area contributed by atoms with E-state index < -0.39 is 0 Å². The molecule has 6 nitrogen and oxygen atoms in total. The van der Waals surface area contributed by atoms with Crippen LogP contribution in [0.2, 0.25) is 0 Å². The minimum Gasteiger partial charge on any atom is -0.459 e. The summed E-state index contributed by atoms with van der Waals surface area (Å²) in [6.07, 6.45) is 0. The lowest BCUT2D eigenvalue weighted by Crippen LogP contribution is -2.44. The number of amides is 1. The van der Waals surface area contributed by atoms with Gasteiger partial charge in [-0.1, -0.05) is 18.2 Å². The van der Waals surface area contributed by atoms with Crippen molar-refractivity contribution in [1.29, 1.82) is 0 Å². The van der Waals surface area contributed by atoms with E-state index in [4.69, 9.17) is 4.42 Å². The summed E-state index contributed by atoms with van der Waals surface area (Å²) in [5, 5.41) is 6.96.